The maximum Gasteiger partial charge on any atom is 0.309 e. The van der Waals surface area contributed by atoms with E-state index in [1.165, 1.54) is 0 Å². The summed E-state index contributed by atoms with van der Waals surface area (Å²) in [6, 6.07) is 5.79. The smallest absolute Gasteiger partial charge is 0.309 e. The van der Waals surface area contributed by atoms with Crippen LogP contribution in [0.2, 0.25) is 0 Å². The van der Waals surface area contributed by atoms with Crippen molar-refractivity contribution in [1.29, 1.82) is 0 Å². The third-order valence-electron chi connectivity index (χ3n) is 3.13. The molecule has 0 fully saturated rings. The standard InChI is InChI=1S/C13H12N4O2/c1-7-10(5-12(18)19)16-17-13(7)8-2-3-9-11(4-8)15-6-14-9/h2-4,6H,5H2,1H3,(H,14,15)(H,16,17)(H,18,19). The number of nitrogens with zero attached hydrogens (tertiary/aromatic N) is 2. The highest BCUT2D eigenvalue weighted by atomic mass is 16.4. The fraction of sp³-hybridized carbons (Fsp3) is 0.154. The van der Waals surface area contributed by atoms with Crippen LogP contribution in [0.4, 0.5) is 0 Å². The molecule has 3 N–H and O–H groups in total. The predicted octanol–water partition coefficient (Wildman–Crippen LogP) is 1.89. The van der Waals surface area contributed by atoms with E-state index in [2.05, 4.69) is 20.2 Å². The number of rotatable bonds is 3. The summed E-state index contributed by atoms with van der Waals surface area (Å²) in [4.78, 5) is 17.9. The van der Waals surface area contributed by atoms with Gasteiger partial charge in [0, 0.05) is 11.3 Å². The molecule has 0 bridgehead atoms. The molecule has 0 aliphatic carbocycles. The minimum atomic E-state index is -0.873. The van der Waals surface area contributed by atoms with Crippen LogP contribution < -0.4 is 0 Å². The lowest BCUT2D eigenvalue weighted by atomic mass is 10.1. The molecule has 0 unspecified atom stereocenters. The van der Waals surface area contributed by atoms with E-state index in [1.807, 2.05) is 25.1 Å². The summed E-state index contributed by atoms with van der Waals surface area (Å²) in [6.45, 7) is 1.87. The second-order valence-electron chi connectivity index (χ2n) is 4.38. The molecule has 0 radical (unpaired) electrons. The molecule has 6 heteroatoms. The Hall–Kier alpha value is -2.63. The Labute approximate surface area is 108 Å². The molecule has 2 aromatic heterocycles. The molecule has 2 heterocycles. The number of nitrogens with one attached hydrogen (secondary N) is 2. The number of benzene rings is 1. The quantitative estimate of drug-likeness (QED) is 0.666. The van der Waals surface area contributed by atoms with E-state index in [1.54, 1.807) is 6.33 Å². The van der Waals surface area contributed by atoms with Crippen LogP contribution in [0.5, 0.6) is 0 Å². The van der Waals surface area contributed by atoms with Gasteiger partial charge < -0.3 is 10.1 Å². The van der Waals surface area contributed by atoms with E-state index in [0.717, 1.165) is 27.9 Å². The largest absolute Gasteiger partial charge is 0.481 e. The molecule has 0 atom stereocenters. The Kier molecular flexibility index (Phi) is 2.56. The molecule has 0 spiro atoms. The zero-order chi connectivity index (χ0) is 13.4. The first-order valence-electron chi connectivity index (χ1n) is 5.84. The van der Waals surface area contributed by atoms with Crippen LogP contribution in [0.3, 0.4) is 0 Å². The Morgan fingerprint density at radius 1 is 1.42 bits per heavy atom. The summed E-state index contributed by atoms with van der Waals surface area (Å²) < 4.78 is 0. The second kappa shape index (κ2) is 4.24. The Bertz CT molecular complexity index is 757. The molecule has 0 aliphatic heterocycles. The highest BCUT2D eigenvalue weighted by molar-refractivity contribution is 5.81. The van der Waals surface area contributed by atoms with E-state index in [-0.39, 0.29) is 6.42 Å². The third kappa shape index (κ3) is 1.97. The fourth-order valence-electron chi connectivity index (χ4n) is 2.12. The number of aromatic nitrogens is 4. The number of carboxylic acids is 1. The molecule has 96 valence electrons. The molecule has 0 amide bonds. The number of hydrogen-bond acceptors (Lipinski definition) is 3. The monoisotopic (exact) mass is 256 g/mol. The molecule has 1 aromatic carbocycles. The summed E-state index contributed by atoms with van der Waals surface area (Å²) in [5.74, 6) is -0.873. The Morgan fingerprint density at radius 3 is 3.05 bits per heavy atom. The summed E-state index contributed by atoms with van der Waals surface area (Å²) in [6.07, 6.45) is 1.59. The molecule has 0 aliphatic rings. The highest BCUT2D eigenvalue weighted by Gasteiger charge is 2.13. The van der Waals surface area contributed by atoms with E-state index in [0.29, 0.717) is 5.69 Å². The van der Waals surface area contributed by atoms with Crippen molar-refractivity contribution in [2.75, 3.05) is 0 Å². The van der Waals surface area contributed by atoms with Crippen molar-refractivity contribution >= 4 is 17.0 Å². The Morgan fingerprint density at radius 2 is 2.26 bits per heavy atom. The van der Waals surface area contributed by atoms with Crippen LogP contribution in [0, 0.1) is 6.92 Å². The minimum absolute atomic E-state index is 0.0505. The van der Waals surface area contributed by atoms with Crippen molar-refractivity contribution in [1.82, 2.24) is 20.2 Å². The maximum atomic E-state index is 10.7. The summed E-state index contributed by atoms with van der Waals surface area (Å²) >= 11 is 0. The van der Waals surface area contributed by atoms with Gasteiger partial charge in [-0.15, -0.1) is 0 Å². The fourth-order valence-corrected chi connectivity index (χ4v) is 2.12. The van der Waals surface area contributed by atoms with Gasteiger partial charge in [0.15, 0.2) is 0 Å². The second-order valence-corrected chi connectivity index (χ2v) is 4.38. The topological polar surface area (TPSA) is 94.7 Å². The first kappa shape index (κ1) is 11.5. The van der Waals surface area contributed by atoms with Crippen LogP contribution in [0.1, 0.15) is 11.3 Å². The van der Waals surface area contributed by atoms with Crippen LogP contribution in [0.25, 0.3) is 22.3 Å². The lowest BCUT2D eigenvalue weighted by molar-refractivity contribution is -0.136. The van der Waals surface area contributed by atoms with Gasteiger partial charge in [-0.05, 0) is 24.6 Å². The van der Waals surface area contributed by atoms with E-state index in [9.17, 15) is 4.79 Å². The number of carbonyl (C=O) groups is 1. The summed E-state index contributed by atoms with van der Waals surface area (Å²) in [7, 11) is 0. The average Bonchev–Trinajstić information content (AvgIpc) is 2.96. The van der Waals surface area contributed by atoms with Crippen LogP contribution in [0.15, 0.2) is 24.5 Å². The van der Waals surface area contributed by atoms with E-state index in [4.69, 9.17) is 5.11 Å². The zero-order valence-corrected chi connectivity index (χ0v) is 10.3. The lowest BCUT2D eigenvalue weighted by Gasteiger charge is -1.99. The van der Waals surface area contributed by atoms with Gasteiger partial charge in [0.2, 0.25) is 0 Å². The average molecular weight is 256 g/mol. The number of aliphatic carboxylic acids is 1. The molecular formula is C13H12N4O2. The van der Waals surface area contributed by atoms with Gasteiger partial charge in [0.1, 0.15) is 0 Å². The van der Waals surface area contributed by atoms with E-state index >= 15 is 0 Å². The van der Waals surface area contributed by atoms with Gasteiger partial charge >= 0.3 is 5.97 Å². The first-order valence-corrected chi connectivity index (χ1v) is 5.84. The van der Waals surface area contributed by atoms with Gasteiger partial charge in [-0.2, -0.15) is 5.10 Å². The number of imidazole rings is 1. The predicted molar refractivity (Wildman–Crippen MR) is 69.8 cm³/mol. The van der Waals surface area contributed by atoms with Crippen molar-refractivity contribution in [2.24, 2.45) is 0 Å². The van der Waals surface area contributed by atoms with Gasteiger partial charge in [-0.1, -0.05) is 6.07 Å². The number of aromatic amines is 2. The van der Waals surface area contributed by atoms with Gasteiger partial charge in [0.05, 0.1) is 29.5 Å². The lowest BCUT2D eigenvalue weighted by Crippen LogP contribution is -2.01. The number of H-pyrrole nitrogens is 2. The van der Waals surface area contributed by atoms with Crippen LogP contribution in [-0.4, -0.2) is 31.2 Å². The number of carboxylic acid groups (broad SMARTS) is 1. The Balaban J connectivity index is 2.05. The van der Waals surface area contributed by atoms with Crippen LogP contribution >= 0.6 is 0 Å². The van der Waals surface area contributed by atoms with Gasteiger partial charge in [-0.3, -0.25) is 9.89 Å². The summed E-state index contributed by atoms with van der Waals surface area (Å²) in [5.41, 5.74) is 5.02. The van der Waals surface area contributed by atoms with Crippen molar-refractivity contribution in [2.45, 2.75) is 13.3 Å². The van der Waals surface area contributed by atoms with Crippen molar-refractivity contribution in [3.05, 3.63) is 35.8 Å². The molecular weight excluding hydrogens is 244 g/mol. The van der Waals surface area contributed by atoms with Crippen LogP contribution in [-0.2, 0) is 11.2 Å². The van der Waals surface area contributed by atoms with Gasteiger partial charge in [-0.25, -0.2) is 4.98 Å². The molecule has 3 rings (SSSR count). The van der Waals surface area contributed by atoms with Crippen molar-refractivity contribution in [3.63, 3.8) is 0 Å². The zero-order valence-electron chi connectivity index (χ0n) is 10.3. The molecule has 0 saturated carbocycles. The SMILES string of the molecule is Cc1c(-c2ccc3nc[nH]c3c2)n[nH]c1CC(=O)O. The molecule has 0 saturated heterocycles. The summed E-state index contributed by atoms with van der Waals surface area (Å²) in [5, 5.41) is 15.8. The maximum absolute atomic E-state index is 10.7. The molecule has 6 nitrogen and oxygen atoms in total. The number of fused-ring (bicyclic) bond motifs is 1. The number of hydrogen-bond donors (Lipinski definition) is 3. The van der Waals surface area contributed by atoms with E-state index < -0.39 is 5.97 Å². The van der Waals surface area contributed by atoms with Gasteiger partial charge in [0.25, 0.3) is 0 Å². The minimum Gasteiger partial charge on any atom is -0.481 e. The normalized spacial score (nSPS) is 11.0. The van der Waals surface area contributed by atoms with Crippen molar-refractivity contribution < 1.29 is 9.90 Å². The molecule has 19 heavy (non-hydrogen) atoms. The first-order chi connectivity index (χ1) is 9.15. The molecule has 3 aromatic rings. The highest BCUT2D eigenvalue weighted by Crippen LogP contribution is 2.25. The van der Waals surface area contributed by atoms with Crippen molar-refractivity contribution in [3.8, 4) is 11.3 Å². The third-order valence-corrected chi connectivity index (χ3v) is 3.13.